The summed E-state index contributed by atoms with van der Waals surface area (Å²) in [5, 5.41) is 13.5. The van der Waals surface area contributed by atoms with E-state index in [0.717, 1.165) is 25.7 Å². The first-order valence-corrected chi connectivity index (χ1v) is 7.45. The van der Waals surface area contributed by atoms with Crippen LogP contribution < -0.4 is 0 Å². The Morgan fingerprint density at radius 1 is 1.15 bits per heavy atom. The predicted octanol–water partition coefficient (Wildman–Crippen LogP) is 3.70. The van der Waals surface area contributed by atoms with Crippen molar-refractivity contribution < 1.29 is 9.84 Å². The first kappa shape index (κ1) is 13.6. The van der Waals surface area contributed by atoms with Crippen LogP contribution in [0.5, 0.6) is 0 Å². The van der Waals surface area contributed by atoms with Gasteiger partial charge in [-0.05, 0) is 29.2 Å². The number of hydrogen-bond donors (Lipinski definition) is 1. The van der Waals surface area contributed by atoms with Gasteiger partial charge in [-0.1, -0.05) is 55.3 Å². The van der Waals surface area contributed by atoms with Crippen LogP contribution in [-0.4, -0.2) is 23.9 Å². The molecule has 20 heavy (non-hydrogen) atoms. The Bertz CT molecular complexity index is 587. The zero-order valence-electron chi connectivity index (χ0n) is 12.0. The molecule has 2 unspecified atom stereocenters. The molecule has 2 atom stereocenters. The van der Waals surface area contributed by atoms with Gasteiger partial charge in [0.05, 0.1) is 11.7 Å². The highest BCUT2D eigenvalue weighted by Crippen LogP contribution is 2.34. The lowest BCUT2D eigenvalue weighted by atomic mass is 9.77. The third-order valence-electron chi connectivity index (χ3n) is 4.59. The zero-order chi connectivity index (χ0) is 14.0. The molecular weight excluding hydrogens is 248 g/mol. The van der Waals surface area contributed by atoms with E-state index in [1.54, 1.807) is 7.11 Å². The van der Waals surface area contributed by atoms with Crippen LogP contribution in [-0.2, 0) is 11.2 Å². The normalized spacial score (nSPS) is 26.8. The molecule has 1 aliphatic rings. The highest BCUT2D eigenvalue weighted by Gasteiger charge is 2.39. The van der Waals surface area contributed by atoms with Crippen molar-refractivity contribution in [1.29, 1.82) is 0 Å². The zero-order valence-corrected chi connectivity index (χ0v) is 12.0. The minimum absolute atomic E-state index is 0.0461. The first-order chi connectivity index (χ1) is 9.73. The third kappa shape index (κ3) is 2.46. The Balaban J connectivity index is 1.95. The lowest BCUT2D eigenvalue weighted by molar-refractivity contribution is -0.116. The fourth-order valence-electron chi connectivity index (χ4n) is 3.51. The molecular formula is C18H22O2. The van der Waals surface area contributed by atoms with Crippen molar-refractivity contribution in [2.45, 2.75) is 43.8 Å². The van der Waals surface area contributed by atoms with Gasteiger partial charge in [-0.2, -0.15) is 0 Å². The molecule has 1 aliphatic carbocycles. The van der Waals surface area contributed by atoms with Gasteiger partial charge in [0, 0.05) is 13.5 Å². The SMILES string of the molecule is COC1CCCCC1(O)Cc1cccc2ccccc12. The molecule has 0 spiro atoms. The number of aliphatic hydroxyl groups is 1. The molecule has 1 fully saturated rings. The minimum atomic E-state index is -0.725. The largest absolute Gasteiger partial charge is 0.387 e. The van der Waals surface area contributed by atoms with Crippen LogP contribution in [0.15, 0.2) is 42.5 Å². The summed E-state index contributed by atoms with van der Waals surface area (Å²) in [4.78, 5) is 0. The molecule has 0 aromatic heterocycles. The summed E-state index contributed by atoms with van der Waals surface area (Å²) in [5.41, 5.74) is 0.492. The van der Waals surface area contributed by atoms with Crippen LogP contribution in [0.3, 0.4) is 0 Å². The average molecular weight is 270 g/mol. The van der Waals surface area contributed by atoms with Crippen molar-refractivity contribution in [2.75, 3.05) is 7.11 Å². The van der Waals surface area contributed by atoms with Crippen LogP contribution in [0.4, 0.5) is 0 Å². The Morgan fingerprint density at radius 2 is 1.95 bits per heavy atom. The number of methoxy groups -OCH3 is 1. The Hall–Kier alpha value is -1.38. The van der Waals surface area contributed by atoms with Crippen molar-refractivity contribution >= 4 is 10.8 Å². The molecule has 0 radical (unpaired) electrons. The average Bonchev–Trinajstić information content (AvgIpc) is 2.48. The Labute approximate surface area is 120 Å². The molecule has 106 valence electrons. The number of fused-ring (bicyclic) bond motifs is 1. The van der Waals surface area contributed by atoms with E-state index in [-0.39, 0.29) is 6.10 Å². The molecule has 2 aromatic rings. The standard InChI is InChI=1S/C18H22O2/c1-20-17-11-4-5-12-18(17,19)13-15-9-6-8-14-7-2-3-10-16(14)15/h2-3,6-10,17,19H,4-5,11-13H2,1H3. The van der Waals surface area contributed by atoms with E-state index in [0.29, 0.717) is 6.42 Å². The molecule has 2 aromatic carbocycles. The van der Waals surface area contributed by atoms with Gasteiger partial charge in [0.2, 0.25) is 0 Å². The van der Waals surface area contributed by atoms with Crippen LogP contribution in [0.1, 0.15) is 31.2 Å². The molecule has 3 rings (SSSR count). The van der Waals surface area contributed by atoms with Crippen molar-refractivity contribution in [3.8, 4) is 0 Å². The molecule has 1 N–H and O–H groups in total. The van der Waals surface area contributed by atoms with E-state index in [1.807, 2.05) is 0 Å². The van der Waals surface area contributed by atoms with Gasteiger partial charge in [-0.15, -0.1) is 0 Å². The Kier molecular flexibility index (Phi) is 3.77. The monoisotopic (exact) mass is 270 g/mol. The summed E-state index contributed by atoms with van der Waals surface area (Å²) in [5.74, 6) is 0. The molecule has 2 nitrogen and oxygen atoms in total. The van der Waals surface area contributed by atoms with Gasteiger partial charge in [0.1, 0.15) is 0 Å². The summed E-state index contributed by atoms with van der Waals surface area (Å²) in [7, 11) is 1.71. The van der Waals surface area contributed by atoms with E-state index >= 15 is 0 Å². The van der Waals surface area contributed by atoms with Gasteiger partial charge in [-0.3, -0.25) is 0 Å². The maximum atomic E-state index is 11.0. The lowest BCUT2D eigenvalue weighted by Gasteiger charge is -2.39. The highest BCUT2D eigenvalue weighted by atomic mass is 16.5. The number of ether oxygens (including phenoxy) is 1. The molecule has 0 heterocycles. The van der Waals surface area contributed by atoms with Crippen LogP contribution in [0.25, 0.3) is 10.8 Å². The smallest absolute Gasteiger partial charge is 0.0948 e. The van der Waals surface area contributed by atoms with E-state index in [1.165, 1.54) is 16.3 Å². The molecule has 1 saturated carbocycles. The van der Waals surface area contributed by atoms with Crippen LogP contribution in [0.2, 0.25) is 0 Å². The second-order valence-electron chi connectivity index (χ2n) is 5.89. The fraction of sp³-hybridized carbons (Fsp3) is 0.444. The molecule has 0 bridgehead atoms. The maximum absolute atomic E-state index is 11.0. The quantitative estimate of drug-likeness (QED) is 0.921. The van der Waals surface area contributed by atoms with Crippen molar-refractivity contribution in [1.82, 2.24) is 0 Å². The fourth-order valence-corrected chi connectivity index (χ4v) is 3.51. The van der Waals surface area contributed by atoms with Gasteiger partial charge in [0.15, 0.2) is 0 Å². The third-order valence-corrected chi connectivity index (χ3v) is 4.59. The van der Waals surface area contributed by atoms with Crippen molar-refractivity contribution in [3.63, 3.8) is 0 Å². The van der Waals surface area contributed by atoms with E-state index in [9.17, 15) is 5.11 Å². The summed E-state index contributed by atoms with van der Waals surface area (Å²) < 4.78 is 5.54. The number of hydrogen-bond acceptors (Lipinski definition) is 2. The van der Waals surface area contributed by atoms with E-state index < -0.39 is 5.60 Å². The van der Waals surface area contributed by atoms with Gasteiger partial charge in [0.25, 0.3) is 0 Å². The van der Waals surface area contributed by atoms with Crippen molar-refractivity contribution in [2.24, 2.45) is 0 Å². The summed E-state index contributed by atoms with van der Waals surface area (Å²) in [6.45, 7) is 0. The van der Waals surface area contributed by atoms with E-state index in [2.05, 4.69) is 42.5 Å². The van der Waals surface area contributed by atoms with Gasteiger partial charge in [-0.25, -0.2) is 0 Å². The maximum Gasteiger partial charge on any atom is 0.0948 e. The first-order valence-electron chi connectivity index (χ1n) is 7.45. The molecule has 2 heteroatoms. The topological polar surface area (TPSA) is 29.5 Å². The van der Waals surface area contributed by atoms with Crippen LogP contribution in [0, 0.1) is 0 Å². The summed E-state index contributed by atoms with van der Waals surface area (Å²) in [6.07, 6.45) is 4.65. The van der Waals surface area contributed by atoms with Gasteiger partial charge < -0.3 is 9.84 Å². The summed E-state index contributed by atoms with van der Waals surface area (Å²) >= 11 is 0. The minimum Gasteiger partial charge on any atom is -0.387 e. The predicted molar refractivity (Wildman–Crippen MR) is 81.9 cm³/mol. The molecule has 0 amide bonds. The second kappa shape index (κ2) is 5.55. The lowest BCUT2D eigenvalue weighted by Crippen LogP contribution is -2.47. The number of rotatable bonds is 3. The molecule has 0 aliphatic heterocycles. The highest BCUT2D eigenvalue weighted by molar-refractivity contribution is 5.85. The van der Waals surface area contributed by atoms with Gasteiger partial charge >= 0.3 is 0 Å². The Morgan fingerprint density at radius 3 is 2.80 bits per heavy atom. The second-order valence-corrected chi connectivity index (χ2v) is 5.89. The molecule has 0 saturated heterocycles. The van der Waals surface area contributed by atoms with E-state index in [4.69, 9.17) is 4.74 Å². The number of benzene rings is 2. The van der Waals surface area contributed by atoms with Crippen LogP contribution >= 0.6 is 0 Å². The van der Waals surface area contributed by atoms with Crippen molar-refractivity contribution in [3.05, 3.63) is 48.0 Å². The summed E-state index contributed by atoms with van der Waals surface area (Å²) in [6, 6.07) is 14.7.